The van der Waals surface area contributed by atoms with Gasteiger partial charge in [0.05, 0.1) is 13.2 Å². The van der Waals surface area contributed by atoms with Gasteiger partial charge in [-0.15, -0.1) is 0 Å². The molecule has 1 unspecified atom stereocenters. The topological polar surface area (TPSA) is 79.5 Å². The highest BCUT2D eigenvalue weighted by Gasteiger charge is 2.09. The minimum absolute atomic E-state index is 0.0874. The molecule has 1 aromatic rings. The van der Waals surface area contributed by atoms with Gasteiger partial charge in [-0.3, -0.25) is 9.59 Å². The maximum Gasteiger partial charge on any atom is 0.251 e. The largest absolute Gasteiger partial charge is 0.383 e. The molecule has 0 spiro atoms. The molecule has 0 aliphatic carbocycles. The SMILES string of the molecule is CCC(C)NC(=O)c1cccc(CNC(=O)CNCCOC)c1. The number of carbonyl (C=O) groups is 2. The normalized spacial score (nSPS) is 11.8. The molecule has 23 heavy (non-hydrogen) atoms. The number of ether oxygens (including phenoxy) is 1. The Morgan fingerprint density at radius 2 is 2.09 bits per heavy atom. The van der Waals surface area contributed by atoms with Crippen LogP contribution in [0.15, 0.2) is 24.3 Å². The maximum atomic E-state index is 12.1. The van der Waals surface area contributed by atoms with E-state index in [9.17, 15) is 9.59 Å². The van der Waals surface area contributed by atoms with Gasteiger partial charge in [0.2, 0.25) is 5.91 Å². The summed E-state index contributed by atoms with van der Waals surface area (Å²) in [6.45, 7) is 5.85. The van der Waals surface area contributed by atoms with Crippen molar-refractivity contribution in [2.75, 3.05) is 26.8 Å². The molecule has 0 saturated heterocycles. The van der Waals surface area contributed by atoms with E-state index in [1.807, 2.05) is 26.0 Å². The van der Waals surface area contributed by atoms with Gasteiger partial charge in [0, 0.05) is 31.8 Å². The third-order valence-electron chi connectivity index (χ3n) is 3.44. The first-order valence-electron chi connectivity index (χ1n) is 7.93. The van der Waals surface area contributed by atoms with Gasteiger partial charge >= 0.3 is 0 Å². The van der Waals surface area contributed by atoms with Crippen molar-refractivity contribution in [1.29, 1.82) is 0 Å². The number of benzene rings is 1. The Labute approximate surface area is 138 Å². The van der Waals surface area contributed by atoms with E-state index in [-0.39, 0.29) is 24.4 Å². The van der Waals surface area contributed by atoms with Crippen LogP contribution in [0, 0.1) is 0 Å². The van der Waals surface area contributed by atoms with Crippen molar-refractivity contribution in [2.45, 2.75) is 32.9 Å². The average Bonchev–Trinajstić information content (AvgIpc) is 2.57. The van der Waals surface area contributed by atoms with E-state index in [0.29, 0.717) is 25.3 Å². The van der Waals surface area contributed by atoms with E-state index in [1.165, 1.54) is 0 Å². The predicted molar refractivity (Wildman–Crippen MR) is 90.3 cm³/mol. The molecule has 0 saturated carbocycles. The zero-order valence-corrected chi connectivity index (χ0v) is 14.1. The summed E-state index contributed by atoms with van der Waals surface area (Å²) in [5, 5.41) is 8.73. The Morgan fingerprint density at radius 3 is 2.78 bits per heavy atom. The minimum atomic E-state index is -0.0891. The molecule has 3 N–H and O–H groups in total. The summed E-state index contributed by atoms with van der Waals surface area (Å²) in [5.74, 6) is -0.177. The van der Waals surface area contributed by atoms with Crippen LogP contribution >= 0.6 is 0 Å². The van der Waals surface area contributed by atoms with Gasteiger partial charge in [-0.05, 0) is 31.0 Å². The summed E-state index contributed by atoms with van der Waals surface area (Å²) >= 11 is 0. The van der Waals surface area contributed by atoms with Gasteiger partial charge < -0.3 is 20.7 Å². The third kappa shape index (κ3) is 7.76. The number of carbonyl (C=O) groups excluding carboxylic acids is 2. The van der Waals surface area contributed by atoms with Gasteiger partial charge in [0.25, 0.3) is 5.91 Å². The molecule has 0 heterocycles. The molecule has 1 aromatic carbocycles. The number of methoxy groups -OCH3 is 1. The lowest BCUT2D eigenvalue weighted by Gasteiger charge is -2.12. The molecule has 0 aromatic heterocycles. The van der Waals surface area contributed by atoms with E-state index in [0.717, 1.165) is 12.0 Å². The van der Waals surface area contributed by atoms with Crippen LogP contribution in [0.1, 0.15) is 36.2 Å². The number of hydrogen-bond acceptors (Lipinski definition) is 4. The number of amides is 2. The second-order valence-corrected chi connectivity index (χ2v) is 5.43. The van der Waals surface area contributed by atoms with Crippen molar-refractivity contribution in [1.82, 2.24) is 16.0 Å². The van der Waals surface area contributed by atoms with E-state index >= 15 is 0 Å². The molecule has 1 atom stereocenters. The average molecular weight is 321 g/mol. The lowest BCUT2D eigenvalue weighted by molar-refractivity contribution is -0.120. The van der Waals surface area contributed by atoms with E-state index < -0.39 is 0 Å². The van der Waals surface area contributed by atoms with Gasteiger partial charge in [-0.2, -0.15) is 0 Å². The summed E-state index contributed by atoms with van der Waals surface area (Å²) in [6.07, 6.45) is 0.886. The first kappa shape index (κ1) is 19.1. The zero-order valence-electron chi connectivity index (χ0n) is 14.1. The van der Waals surface area contributed by atoms with Crippen molar-refractivity contribution in [3.05, 3.63) is 35.4 Å². The second kappa shape index (κ2) is 10.7. The monoisotopic (exact) mass is 321 g/mol. The molecule has 128 valence electrons. The van der Waals surface area contributed by atoms with Gasteiger partial charge in [0.1, 0.15) is 0 Å². The molecular weight excluding hydrogens is 294 g/mol. The highest BCUT2D eigenvalue weighted by atomic mass is 16.5. The molecule has 0 aliphatic rings. The quantitative estimate of drug-likeness (QED) is 0.563. The van der Waals surface area contributed by atoms with Crippen LogP contribution in [0.5, 0.6) is 0 Å². The predicted octanol–water partition coefficient (Wildman–Crippen LogP) is 1.07. The Bertz CT molecular complexity index is 506. The first-order chi connectivity index (χ1) is 11.1. The fraction of sp³-hybridized carbons (Fsp3) is 0.529. The molecule has 1 rings (SSSR count). The molecule has 2 amide bonds. The van der Waals surface area contributed by atoms with Crippen LogP contribution in [-0.4, -0.2) is 44.7 Å². The summed E-state index contributed by atoms with van der Waals surface area (Å²) in [5.41, 5.74) is 1.50. The van der Waals surface area contributed by atoms with Crippen LogP contribution in [-0.2, 0) is 16.1 Å². The van der Waals surface area contributed by atoms with Gasteiger partial charge in [-0.25, -0.2) is 0 Å². The smallest absolute Gasteiger partial charge is 0.251 e. The Hall–Kier alpha value is -1.92. The highest BCUT2D eigenvalue weighted by Crippen LogP contribution is 2.06. The lowest BCUT2D eigenvalue weighted by atomic mass is 10.1. The van der Waals surface area contributed by atoms with Crippen LogP contribution < -0.4 is 16.0 Å². The molecule has 6 heteroatoms. The third-order valence-corrected chi connectivity index (χ3v) is 3.44. The van der Waals surface area contributed by atoms with Gasteiger partial charge in [-0.1, -0.05) is 19.1 Å². The van der Waals surface area contributed by atoms with E-state index in [1.54, 1.807) is 19.2 Å². The number of nitrogens with one attached hydrogen (secondary N) is 3. The summed E-state index contributed by atoms with van der Waals surface area (Å²) in [7, 11) is 1.62. The summed E-state index contributed by atoms with van der Waals surface area (Å²) in [6, 6.07) is 7.43. The summed E-state index contributed by atoms with van der Waals surface area (Å²) < 4.78 is 4.89. The van der Waals surface area contributed by atoms with Crippen molar-refractivity contribution < 1.29 is 14.3 Å². The Kier molecular flexibility index (Phi) is 8.94. The highest BCUT2D eigenvalue weighted by molar-refractivity contribution is 5.94. The Balaban J connectivity index is 2.44. The number of hydrogen-bond donors (Lipinski definition) is 3. The minimum Gasteiger partial charge on any atom is -0.383 e. The maximum absolute atomic E-state index is 12.1. The molecule has 0 radical (unpaired) electrons. The van der Waals surface area contributed by atoms with Crippen molar-refractivity contribution in [2.24, 2.45) is 0 Å². The second-order valence-electron chi connectivity index (χ2n) is 5.43. The molecule has 0 fully saturated rings. The van der Waals surface area contributed by atoms with Crippen molar-refractivity contribution in [3.63, 3.8) is 0 Å². The fourth-order valence-electron chi connectivity index (χ4n) is 1.87. The molecular formula is C17H27N3O3. The number of rotatable bonds is 10. The van der Waals surface area contributed by atoms with Crippen LogP contribution in [0.2, 0.25) is 0 Å². The van der Waals surface area contributed by atoms with E-state index in [2.05, 4.69) is 16.0 Å². The van der Waals surface area contributed by atoms with Crippen LogP contribution in [0.25, 0.3) is 0 Å². The Morgan fingerprint density at radius 1 is 1.30 bits per heavy atom. The first-order valence-corrected chi connectivity index (χ1v) is 7.93. The fourth-order valence-corrected chi connectivity index (χ4v) is 1.87. The standard InChI is InChI=1S/C17H27N3O3/c1-4-13(2)20-17(22)15-7-5-6-14(10-15)11-19-16(21)12-18-8-9-23-3/h5-7,10,13,18H,4,8-9,11-12H2,1-3H3,(H,19,21)(H,20,22). The van der Waals surface area contributed by atoms with Crippen LogP contribution in [0.3, 0.4) is 0 Å². The van der Waals surface area contributed by atoms with Gasteiger partial charge in [0.15, 0.2) is 0 Å². The molecule has 6 nitrogen and oxygen atoms in total. The lowest BCUT2D eigenvalue weighted by Crippen LogP contribution is -2.35. The zero-order chi connectivity index (χ0) is 17.1. The van der Waals surface area contributed by atoms with Crippen molar-refractivity contribution >= 4 is 11.8 Å². The van der Waals surface area contributed by atoms with Crippen LogP contribution in [0.4, 0.5) is 0 Å². The molecule has 0 aliphatic heterocycles. The summed E-state index contributed by atoms with van der Waals surface area (Å²) in [4.78, 5) is 23.8. The van der Waals surface area contributed by atoms with Crippen molar-refractivity contribution in [3.8, 4) is 0 Å². The molecule has 0 bridgehead atoms. The van der Waals surface area contributed by atoms with E-state index in [4.69, 9.17) is 4.74 Å².